The van der Waals surface area contributed by atoms with Crippen molar-refractivity contribution in [3.8, 4) is 0 Å². The highest BCUT2D eigenvalue weighted by atomic mass is 19.1. The number of benzene rings is 1. The lowest BCUT2D eigenvalue weighted by Gasteiger charge is -2.09. The summed E-state index contributed by atoms with van der Waals surface area (Å²) < 4.78 is 14.7. The summed E-state index contributed by atoms with van der Waals surface area (Å²) in [5.74, 6) is -1.46. The average Bonchev–Trinajstić information content (AvgIpc) is 2.58. The van der Waals surface area contributed by atoms with Crippen LogP contribution in [0.3, 0.4) is 0 Å². The van der Waals surface area contributed by atoms with Gasteiger partial charge in [0.05, 0.1) is 11.0 Å². The number of carbonyl (C=O) groups is 1. The Morgan fingerprint density at radius 1 is 1.59 bits per heavy atom. The molecular formula is C12H13FN2O2. The zero-order chi connectivity index (χ0) is 12.6. The minimum atomic E-state index is -0.911. The minimum Gasteiger partial charge on any atom is -0.481 e. The molecule has 0 amide bonds. The zero-order valence-corrected chi connectivity index (χ0v) is 9.64. The van der Waals surface area contributed by atoms with E-state index in [0.29, 0.717) is 23.3 Å². The summed E-state index contributed by atoms with van der Waals surface area (Å²) in [6.45, 7) is 1.79. The second-order valence-corrected chi connectivity index (χ2v) is 3.96. The first-order chi connectivity index (χ1) is 8.04. The molecule has 90 valence electrons. The first kappa shape index (κ1) is 11.6. The molecule has 1 atom stereocenters. The summed E-state index contributed by atoms with van der Waals surface area (Å²) in [5.41, 5.74) is 1.23. The van der Waals surface area contributed by atoms with Gasteiger partial charge in [-0.15, -0.1) is 0 Å². The maximum absolute atomic E-state index is 13.1. The molecule has 17 heavy (non-hydrogen) atoms. The number of halogens is 1. The van der Waals surface area contributed by atoms with Crippen LogP contribution in [-0.4, -0.2) is 20.6 Å². The highest BCUT2D eigenvalue weighted by molar-refractivity contribution is 5.80. The van der Waals surface area contributed by atoms with E-state index in [1.165, 1.54) is 12.1 Å². The number of hydrogen-bond donors (Lipinski definition) is 1. The number of carboxylic acids is 1. The molecule has 1 N–H and O–H groups in total. The van der Waals surface area contributed by atoms with Crippen LogP contribution in [0.2, 0.25) is 0 Å². The molecule has 0 radical (unpaired) electrons. The fourth-order valence-corrected chi connectivity index (χ4v) is 1.96. The van der Waals surface area contributed by atoms with E-state index in [1.807, 2.05) is 0 Å². The SMILES string of the molecule is CCC(C(=O)O)c1nc2ccc(F)cc2n1C. The van der Waals surface area contributed by atoms with Crippen molar-refractivity contribution in [2.45, 2.75) is 19.3 Å². The highest BCUT2D eigenvalue weighted by Crippen LogP contribution is 2.24. The first-order valence-corrected chi connectivity index (χ1v) is 5.39. The number of carboxylic acid groups (broad SMARTS) is 1. The van der Waals surface area contributed by atoms with Crippen LogP contribution in [0.25, 0.3) is 11.0 Å². The number of aromatic nitrogens is 2. The lowest BCUT2D eigenvalue weighted by atomic mass is 10.1. The van der Waals surface area contributed by atoms with Crippen molar-refractivity contribution in [2.75, 3.05) is 0 Å². The first-order valence-electron chi connectivity index (χ1n) is 5.39. The van der Waals surface area contributed by atoms with Crippen LogP contribution in [0.1, 0.15) is 25.1 Å². The molecule has 2 rings (SSSR count). The van der Waals surface area contributed by atoms with Gasteiger partial charge in [-0.2, -0.15) is 0 Å². The van der Waals surface area contributed by atoms with Crippen LogP contribution in [0.5, 0.6) is 0 Å². The van der Waals surface area contributed by atoms with Gasteiger partial charge in [0, 0.05) is 7.05 Å². The van der Waals surface area contributed by atoms with E-state index in [2.05, 4.69) is 4.98 Å². The Bertz CT molecular complexity index is 577. The van der Waals surface area contributed by atoms with Crippen molar-refractivity contribution in [1.29, 1.82) is 0 Å². The molecule has 0 aliphatic rings. The molecule has 1 aromatic heterocycles. The highest BCUT2D eigenvalue weighted by Gasteiger charge is 2.23. The van der Waals surface area contributed by atoms with Crippen LogP contribution in [0.15, 0.2) is 18.2 Å². The van der Waals surface area contributed by atoms with Crippen molar-refractivity contribution >= 4 is 17.0 Å². The molecule has 4 nitrogen and oxygen atoms in total. The number of nitrogens with zero attached hydrogens (tertiary/aromatic N) is 2. The van der Waals surface area contributed by atoms with Crippen molar-refractivity contribution in [3.05, 3.63) is 29.8 Å². The molecule has 0 fully saturated rings. The maximum atomic E-state index is 13.1. The topological polar surface area (TPSA) is 55.1 Å². The van der Waals surface area contributed by atoms with Crippen molar-refractivity contribution in [3.63, 3.8) is 0 Å². The molecule has 0 bridgehead atoms. The molecule has 2 aromatic rings. The third-order valence-corrected chi connectivity index (χ3v) is 2.90. The molecular weight excluding hydrogens is 223 g/mol. The quantitative estimate of drug-likeness (QED) is 0.889. The van der Waals surface area contributed by atoms with Crippen LogP contribution in [-0.2, 0) is 11.8 Å². The third-order valence-electron chi connectivity index (χ3n) is 2.90. The monoisotopic (exact) mass is 236 g/mol. The molecule has 1 unspecified atom stereocenters. The van der Waals surface area contributed by atoms with Gasteiger partial charge in [0.15, 0.2) is 0 Å². The second-order valence-electron chi connectivity index (χ2n) is 3.96. The van der Waals surface area contributed by atoms with Gasteiger partial charge in [0.2, 0.25) is 0 Å². The fourth-order valence-electron chi connectivity index (χ4n) is 1.96. The molecule has 0 aliphatic heterocycles. The van der Waals surface area contributed by atoms with Gasteiger partial charge in [-0.3, -0.25) is 4.79 Å². The van der Waals surface area contributed by atoms with Gasteiger partial charge < -0.3 is 9.67 Å². The van der Waals surface area contributed by atoms with Crippen LogP contribution in [0, 0.1) is 5.82 Å². The van der Waals surface area contributed by atoms with Crippen LogP contribution in [0.4, 0.5) is 4.39 Å². The second kappa shape index (κ2) is 4.16. The predicted octanol–water partition coefficient (Wildman–Crippen LogP) is 2.29. The van der Waals surface area contributed by atoms with Crippen LogP contribution < -0.4 is 0 Å². The van der Waals surface area contributed by atoms with Gasteiger partial charge in [0.1, 0.15) is 17.6 Å². The average molecular weight is 236 g/mol. The molecule has 0 saturated heterocycles. The van der Waals surface area contributed by atoms with Gasteiger partial charge >= 0.3 is 5.97 Å². The van der Waals surface area contributed by atoms with Crippen molar-refractivity contribution < 1.29 is 14.3 Å². The number of hydrogen-bond acceptors (Lipinski definition) is 2. The normalized spacial score (nSPS) is 12.9. The number of aryl methyl sites for hydroxylation is 1. The summed E-state index contributed by atoms with van der Waals surface area (Å²) in [5, 5.41) is 9.10. The van der Waals surface area contributed by atoms with Crippen molar-refractivity contribution in [2.24, 2.45) is 7.05 Å². The summed E-state index contributed by atoms with van der Waals surface area (Å²) >= 11 is 0. The largest absolute Gasteiger partial charge is 0.481 e. The number of rotatable bonds is 3. The molecule has 5 heteroatoms. The molecule has 0 aliphatic carbocycles. The Morgan fingerprint density at radius 2 is 2.29 bits per heavy atom. The zero-order valence-electron chi connectivity index (χ0n) is 9.64. The molecule has 0 saturated carbocycles. The number of imidazole rings is 1. The Kier molecular flexibility index (Phi) is 2.83. The smallest absolute Gasteiger partial charge is 0.314 e. The maximum Gasteiger partial charge on any atom is 0.314 e. The Hall–Kier alpha value is -1.91. The van der Waals surface area contributed by atoms with Gasteiger partial charge in [-0.05, 0) is 24.6 Å². The summed E-state index contributed by atoms with van der Waals surface area (Å²) in [4.78, 5) is 15.4. The summed E-state index contributed by atoms with van der Waals surface area (Å²) in [6, 6.07) is 4.24. The Morgan fingerprint density at radius 3 is 2.88 bits per heavy atom. The molecule has 1 heterocycles. The van der Waals surface area contributed by atoms with Gasteiger partial charge in [0.25, 0.3) is 0 Å². The minimum absolute atomic E-state index is 0.351. The van der Waals surface area contributed by atoms with E-state index in [9.17, 15) is 9.18 Å². The van der Waals surface area contributed by atoms with Gasteiger partial charge in [-0.1, -0.05) is 6.92 Å². The van der Waals surface area contributed by atoms with E-state index in [0.717, 1.165) is 0 Å². The summed E-state index contributed by atoms with van der Waals surface area (Å²) in [6.07, 6.45) is 0.453. The predicted molar refractivity (Wildman–Crippen MR) is 61.3 cm³/mol. The molecule has 1 aromatic carbocycles. The van der Waals surface area contributed by atoms with E-state index in [-0.39, 0.29) is 5.82 Å². The fraction of sp³-hybridized carbons (Fsp3) is 0.333. The van der Waals surface area contributed by atoms with E-state index < -0.39 is 11.9 Å². The Labute approximate surface area is 97.7 Å². The third kappa shape index (κ3) is 1.88. The molecule has 0 spiro atoms. The lowest BCUT2D eigenvalue weighted by molar-refractivity contribution is -0.139. The standard InChI is InChI=1S/C12H13FN2O2/c1-3-8(12(16)17)11-14-9-5-4-7(13)6-10(9)15(11)2/h4-6,8H,3H2,1-2H3,(H,16,17). The Balaban J connectivity index is 2.63. The van der Waals surface area contributed by atoms with E-state index in [1.54, 1.807) is 24.6 Å². The number of fused-ring (bicyclic) bond motifs is 1. The number of aliphatic carboxylic acids is 1. The van der Waals surface area contributed by atoms with Gasteiger partial charge in [-0.25, -0.2) is 9.37 Å². The van der Waals surface area contributed by atoms with E-state index in [4.69, 9.17) is 5.11 Å². The van der Waals surface area contributed by atoms with E-state index >= 15 is 0 Å². The van der Waals surface area contributed by atoms with Crippen molar-refractivity contribution in [1.82, 2.24) is 9.55 Å². The lowest BCUT2D eigenvalue weighted by Crippen LogP contribution is -2.15. The summed E-state index contributed by atoms with van der Waals surface area (Å²) in [7, 11) is 1.70. The van der Waals surface area contributed by atoms with Crippen LogP contribution >= 0.6 is 0 Å².